The van der Waals surface area contributed by atoms with E-state index in [0.29, 0.717) is 6.42 Å². The molecule has 0 saturated heterocycles. The highest BCUT2D eigenvalue weighted by molar-refractivity contribution is 5.80. The number of nitrogens with one attached hydrogen (secondary N) is 1. The highest BCUT2D eigenvalue weighted by atomic mass is 16.4. The van der Waals surface area contributed by atoms with Crippen molar-refractivity contribution in [3.8, 4) is 0 Å². The van der Waals surface area contributed by atoms with E-state index >= 15 is 0 Å². The van der Waals surface area contributed by atoms with Crippen molar-refractivity contribution in [2.24, 2.45) is 0 Å². The van der Waals surface area contributed by atoms with Gasteiger partial charge in [-0.15, -0.1) is 0 Å². The van der Waals surface area contributed by atoms with E-state index in [-0.39, 0.29) is 5.91 Å². The predicted octanol–water partition coefficient (Wildman–Crippen LogP) is 3.44. The van der Waals surface area contributed by atoms with Crippen molar-refractivity contribution in [2.75, 3.05) is 6.54 Å². The molecule has 0 fully saturated rings. The summed E-state index contributed by atoms with van der Waals surface area (Å²) in [5.41, 5.74) is 0. The second-order valence-corrected chi connectivity index (χ2v) is 5.75. The fourth-order valence-corrected chi connectivity index (χ4v) is 2.16. The maximum absolute atomic E-state index is 11.3. The SMILES string of the molecule is CC/C=C\C/C=C\C/C=C\CCCCCCCC(=O)NCC(=O)[O-]. The summed E-state index contributed by atoms with van der Waals surface area (Å²) >= 11 is 0. The number of unbranched alkanes of at least 4 members (excludes halogenated alkanes) is 5. The molecule has 4 nitrogen and oxygen atoms in total. The molecule has 136 valence electrons. The normalized spacial score (nSPS) is 11.7. The van der Waals surface area contributed by atoms with E-state index in [1.165, 1.54) is 12.8 Å². The van der Waals surface area contributed by atoms with Crippen LogP contribution in [0.4, 0.5) is 0 Å². The van der Waals surface area contributed by atoms with Crippen LogP contribution < -0.4 is 10.4 Å². The standard InChI is InChI=1S/C20H33NO3/c1-2-3-4-5-6-7-8-9-10-11-12-13-14-15-16-17-19(22)21-18-20(23)24/h3-4,6-7,9-10H,2,5,8,11-18H2,1H3,(H,21,22)(H,23,24)/p-1/b4-3-,7-6-,10-9-. The van der Waals surface area contributed by atoms with Gasteiger partial charge in [-0.05, 0) is 38.5 Å². The molecule has 0 radical (unpaired) electrons. The molecule has 0 unspecified atom stereocenters. The highest BCUT2D eigenvalue weighted by Crippen LogP contribution is 2.07. The van der Waals surface area contributed by atoms with Crippen LogP contribution in [0.2, 0.25) is 0 Å². The Balaban J connectivity index is 3.32. The Labute approximate surface area is 146 Å². The number of carboxylic acid groups (broad SMARTS) is 1. The Morgan fingerprint density at radius 3 is 2.08 bits per heavy atom. The lowest BCUT2D eigenvalue weighted by atomic mass is 10.1. The second-order valence-electron chi connectivity index (χ2n) is 5.75. The van der Waals surface area contributed by atoms with Crippen molar-refractivity contribution in [3.63, 3.8) is 0 Å². The third-order valence-electron chi connectivity index (χ3n) is 3.48. The van der Waals surface area contributed by atoms with Gasteiger partial charge in [-0.2, -0.15) is 0 Å². The van der Waals surface area contributed by atoms with Crippen LogP contribution >= 0.6 is 0 Å². The molecule has 0 aliphatic heterocycles. The minimum Gasteiger partial charge on any atom is -0.548 e. The summed E-state index contributed by atoms with van der Waals surface area (Å²) in [6.07, 6.45) is 23.1. The zero-order chi connectivity index (χ0) is 17.9. The molecule has 0 aliphatic carbocycles. The molecule has 0 aromatic rings. The lowest BCUT2D eigenvalue weighted by Gasteiger charge is -2.05. The summed E-state index contributed by atoms with van der Waals surface area (Å²) in [5.74, 6) is -1.46. The monoisotopic (exact) mass is 334 g/mol. The fraction of sp³-hybridized carbons (Fsp3) is 0.600. The molecule has 0 spiro atoms. The van der Waals surface area contributed by atoms with E-state index in [0.717, 1.165) is 44.9 Å². The molecule has 0 aromatic heterocycles. The van der Waals surface area contributed by atoms with Crippen LogP contribution in [-0.2, 0) is 9.59 Å². The Kier molecular flexibility index (Phi) is 16.2. The molecule has 0 atom stereocenters. The topological polar surface area (TPSA) is 69.2 Å². The average molecular weight is 334 g/mol. The molecule has 0 aromatic carbocycles. The van der Waals surface area contributed by atoms with E-state index in [2.05, 4.69) is 48.7 Å². The molecule has 0 saturated carbocycles. The maximum Gasteiger partial charge on any atom is 0.220 e. The summed E-state index contributed by atoms with van der Waals surface area (Å²) in [7, 11) is 0. The molecule has 1 N–H and O–H groups in total. The molecule has 0 rings (SSSR count). The smallest absolute Gasteiger partial charge is 0.220 e. The van der Waals surface area contributed by atoms with Gasteiger partial charge in [-0.3, -0.25) is 4.79 Å². The number of aliphatic carboxylic acids is 1. The molecule has 0 aliphatic rings. The molecule has 1 amide bonds. The predicted molar refractivity (Wildman–Crippen MR) is 97.3 cm³/mol. The van der Waals surface area contributed by atoms with Crippen molar-refractivity contribution in [3.05, 3.63) is 36.5 Å². The molecule has 24 heavy (non-hydrogen) atoms. The maximum atomic E-state index is 11.3. The summed E-state index contributed by atoms with van der Waals surface area (Å²) in [6, 6.07) is 0. The Hall–Kier alpha value is -1.84. The zero-order valence-corrected chi connectivity index (χ0v) is 15.0. The second kappa shape index (κ2) is 17.5. The van der Waals surface area contributed by atoms with Crippen LogP contribution in [0, 0.1) is 0 Å². The van der Waals surface area contributed by atoms with Crippen LogP contribution in [0.25, 0.3) is 0 Å². The quantitative estimate of drug-likeness (QED) is 0.368. The van der Waals surface area contributed by atoms with Crippen molar-refractivity contribution in [2.45, 2.75) is 71.1 Å². The fourth-order valence-electron chi connectivity index (χ4n) is 2.16. The first-order valence-electron chi connectivity index (χ1n) is 9.08. The van der Waals surface area contributed by atoms with Crippen molar-refractivity contribution in [1.29, 1.82) is 0 Å². The summed E-state index contributed by atoms with van der Waals surface area (Å²) in [5, 5.41) is 12.5. The first-order chi connectivity index (χ1) is 11.7. The first-order valence-corrected chi connectivity index (χ1v) is 9.08. The Morgan fingerprint density at radius 2 is 1.42 bits per heavy atom. The molecule has 0 bridgehead atoms. The number of amides is 1. The lowest BCUT2D eigenvalue weighted by molar-refractivity contribution is -0.304. The van der Waals surface area contributed by atoms with E-state index in [1.807, 2.05) is 0 Å². The summed E-state index contributed by atoms with van der Waals surface area (Å²) < 4.78 is 0. The van der Waals surface area contributed by atoms with Crippen LogP contribution in [-0.4, -0.2) is 18.4 Å². The van der Waals surface area contributed by atoms with E-state index in [9.17, 15) is 14.7 Å². The van der Waals surface area contributed by atoms with Crippen LogP contribution in [0.1, 0.15) is 71.1 Å². The zero-order valence-electron chi connectivity index (χ0n) is 15.0. The number of hydrogen-bond donors (Lipinski definition) is 1. The van der Waals surface area contributed by atoms with Crippen LogP contribution in [0.5, 0.6) is 0 Å². The third kappa shape index (κ3) is 18.2. The van der Waals surface area contributed by atoms with E-state index < -0.39 is 12.5 Å². The van der Waals surface area contributed by atoms with Gasteiger partial charge in [-0.25, -0.2) is 0 Å². The van der Waals surface area contributed by atoms with Gasteiger partial charge in [-0.1, -0.05) is 62.6 Å². The minimum atomic E-state index is -1.25. The van der Waals surface area contributed by atoms with Crippen molar-refractivity contribution < 1.29 is 14.7 Å². The average Bonchev–Trinajstić information content (AvgIpc) is 2.56. The van der Waals surface area contributed by atoms with Crippen LogP contribution in [0.3, 0.4) is 0 Å². The number of carbonyl (C=O) groups is 2. The molecule has 0 heterocycles. The largest absolute Gasteiger partial charge is 0.548 e. The number of allylic oxidation sites excluding steroid dienone is 6. The number of carbonyl (C=O) groups excluding carboxylic acids is 2. The van der Waals surface area contributed by atoms with Crippen molar-refractivity contribution >= 4 is 11.9 Å². The van der Waals surface area contributed by atoms with Gasteiger partial charge in [0.05, 0.1) is 12.5 Å². The van der Waals surface area contributed by atoms with Gasteiger partial charge in [0.2, 0.25) is 5.91 Å². The van der Waals surface area contributed by atoms with E-state index in [1.54, 1.807) is 0 Å². The van der Waals surface area contributed by atoms with Crippen LogP contribution in [0.15, 0.2) is 36.5 Å². The molecular weight excluding hydrogens is 302 g/mol. The van der Waals surface area contributed by atoms with Gasteiger partial charge in [0.1, 0.15) is 0 Å². The third-order valence-corrected chi connectivity index (χ3v) is 3.48. The molecule has 4 heteroatoms. The van der Waals surface area contributed by atoms with Crippen molar-refractivity contribution in [1.82, 2.24) is 5.32 Å². The Bertz CT molecular complexity index is 411. The highest BCUT2D eigenvalue weighted by Gasteiger charge is 1.99. The first kappa shape index (κ1) is 22.2. The van der Waals surface area contributed by atoms with Gasteiger partial charge >= 0.3 is 0 Å². The van der Waals surface area contributed by atoms with E-state index in [4.69, 9.17) is 0 Å². The van der Waals surface area contributed by atoms with Gasteiger partial charge < -0.3 is 15.2 Å². The number of carboxylic acids is 1. The number of rotatable bonds is 15. The van der Waals surface area contributed by atoms with Gasteiger partial charge in [0.25, 0.3) is 0 Å². The Morgan fingerprint density at radius 1 is 0.833 bits per heavy atom. The lowest BCUT2D eigenvalue weighted by Crippen LogP contribution is -2.37. The van der Waals surface area contributed by atoms with Gasteiger partial charge in [0.15, 0.2) is 0 Å². The van der Waals surface area contributed by atoms with Gasteiger partial charge in [0, 0.05) is 6.42 Å². The summed E-state index contributed by atoms with van der Waals surface area (Å²) in [4.78, 5) is 21.4. The number of hydrogen-bond acceptors (Lipinski definition) is 3. The summed E-state index contributed by atoms with van der Waals surface area (Å²) in [6.45, 7) is 1.75. The minimum absolute atomic E-state index is 0.208. The molecular formula is C20H32NO3-.